The molecule has 0 radical (unpaired) electrons. The summed E-state index contributed by atoms with van der Waals surface area (Å²) in [6.07, 6.45) is 11.6. The highest BCUT2D eigenvalue weighted by molar-refractivity contribution is 7.33. The van der Waals surface area contributed by atoms with Gasteiger partial charge in [0.25, 0.3) is 5.56 Å². The number of carbonyl (C=O) groups excluding carboxylic acids is 1. The van der Waals surface area contributed by atoms with Crippen LogP contribution in [0, 0.1) is 19.8 Å². The largest absolute Gasteiger partial charge is 0.750 e. The lowest BCUT2D eigenvalue weighted by atomic mass is 10.3. The van der Waals surface area contributed by atoms with Gasteiger partial charge < -0.3 is 15.2 Å². The van der Waals surface area contributed by atoms with Gasteiger partial charge in [0, 0.05) is 16.3 Å². The molecule has 0 fully saturated rings. The van der Waals surface area contributed by atoms with Crippen LogP contribution in [0.5, 0.6) is 5.75 Å². The van der Waals surface area contributed by atoms with Crippen molar-refractivity contribution in [2.75, 3.05) is 13.7 Å². The Hall–Kier alpha value is -3.55. The first-order valence-corrected chi connectivity index (χ1v) is 11.0. The summed E-state index contributed by atoms with van der Waals surface area (Å²) in [5, 5.41) is 0. The minimum Gasteiger partial charge on any atom is -0.468 e. The lowest BCUT2D eigenvalue weighted by molar-refractivity contribution is -0.141. The van der Waals surface area contributed by atoms with Crippen molar-refractivity contribution >= 4 is 14.2 Å². The number of carbonyl (C=O) groups is 1. The average molecular weight is 492 g/mol. The maximum absolute atomic E-state index is 11.9. The van der Waals surface area contributed by atoms with Crippen molar-refractivity contribution in [3.63, 3.8) is 0 Å². The first kappa shape index (κ1) is 28.5. The standard InChI is InChI=1S/C16H15N2O6P.C4H9NO2.C2H2/c1-11-9-18(16(20)17-15(11)19)14-8-7-13(23-14)10-22-25(21)24-12-5-3-2-4-6-12;1-3(5)4(6)7-2;1-2/h2-9,13-14H,10H2,1H3;3H,5H2,1-2H3;1-2H/p+1/t13-,14?;;/m0../s1. The molecule has 0 saturated heterocycles. The number of nitrogens with two attached hydrogens (primary N) is 1. The van der Waals surface area contributed by atoms with E-state index in [1.807, 2.05) is 6.07 Å². The summed E-state index contributed by atoms with van der Waals surface area (Å²) in [5.41, 5.74) is 4.47. The Morgan fingerprint density at radius 1 is 1.26 bits per heavy atom. The van der Waals surface area contributed by atoms with Crippen molar-refractivity contribution in [2.24, 2.45) is 5.73 Å². The van der Waals surface area contributed by atoms with Gasteiger partial charge in [-0.15, -0.1) is 17.4 Å². The van der Waals surface area contributed by atoms with Crippen molar-refractivity contribution < 1.29 is 27.9 Å². The molecule has 0 bridgehead atoms. The monoisotopic (exact) mass is 492 g/mol. The predicted octanol–water partition coefficient (Wildman–Crippen LogP) is 1.81. The van der Waals surface area contributed by atoms with Crippen molar-refractivity contribution in [3.05, 3.63) is 75.1 Å². The number of esters is 1. The van der Waals surface area contributed by atoms with Crippen LogP contribution in [0.4, 0.5) is 0 Å². The molecule has 12 heteroatoms. The summed E-state index contributed by atoms with van der Waals surface area (Å²) in [6, 6.07) is 8.18. The second-order valence-corrected chi connectivity index (χ2v) is 7.55. The number of aryl methyl sites for hydroxylation is 1. The Kier molecular flexibility index (Phi) is 12.2. The van der Waals surface area contributed by atoms with E-state index in [4.69, 9.17) is 19.5 Å². The van der Waals surface area contributed by atoms with Gasteiger partial charge in [-0.25, -0.2) is 9.32 Å². The molecular formula is C22H27N3O8P+. The van der Waals surface area contributed by atoms with Crippen LogP contribution >= 0.6 is 8.25 Å². The normalized spacial score (nSPS) is 17.3. The highest BCUT2D eigenvalue weighted by Crippen LogP contribution is 2.29. The van der Waals surface area contributed by atoms with E-state index in [-0.39, 0.29) is 12.6 Å². The molecule has 182 valence electrons. The summed E-state index contributed by atoms with van der Waals surface area (Å²) >= 11 is 0. The molecule has 11 nitrogen and oxygen atoms in total. The smallest absolute Gasteiger partial charge is 0.468 e. The second kappa shape index (κ2) is 14.6. The minimum atomic E-state index is -2.34. The van der Waals surface area contributed by atoms with Gasteiger partial charge in [-0.3, -0.25) is 19.1 Å². The summed E-state index contributed by atoms with van der Waals surface area (Å²) in [7, 11) is -1.03. The van der Waals surface area contributed by atoms with Crippen LogP contribution < -0.4 is 21.5 Å². The Morgan fingerprint density at radius 2 is 1.91 bits per heavy atom. The topological polar surface area (TPSA) is 152 Å². The quantitative estimate of drug-likeness (QED) is 0.255. The average Bonchev–Trinajstić information content (AvgIpc) is 3.30. The summed E-state index contributed by atoms with van der Waals surface area (Å²) < 4.78 is 33.2. The van der Waals surface area contributed by atoms with E-state index in [2.05, 4.69) is 22.6 Å². The number of aromatic amines is 1. The SMILES string of the molecule is C#C.COC(=O)C(C)N.Cc1cn(C2C=C[C@@H](CO[P+](=O)Oc3ccccc3)O2)c(=O)[nH]c1=O. The number of hydrogen-bond acceptors (Lipinski definition) is 9. The van der Waals surface area contributed by atoms with E-state index in [9.17, 15) is 18.9 Å². The predicted molar refractivity (Wildman–Crippen MR) is 125 cm³/mol. The third-order valence-electron chi connectivity index (χ3n) is 4.06. The van der Waals surface area contributed by atoms with E-state index >= 15 is 0 Å². The van der Waals surface area contributed by atoms with E-state index in [1.165, 1.54) is 17.9 Å². The van der Waals surface area contributed by atoms with Crippen LogP contribution in [0.15, 0.2) is 58.3 Å². The van der Waals surface area contributed by atoms with Gasteiger partial charge >= 0.3 is 19.9 Å². The van der Waals surface area contributed by atoms with E-state index in [0.29, 0.717) is 11.3 Å². The van der Waals surface area contributed by atoms with E-state index in [0.717, 1.165) is 0 Å². The number of ether oxygens (including phenoxy) is 2. The zero-order chi connectivity index (χ0) is 25.7. The molecule has 3 N–H and O–H groups in total. The van der Waals surface area contributed by atoms with Crippen LogP contribution in [0.2, 0.25) is 0 Å². The van der Waals surface area contributed by atoms with Crippen LogP contribution in [-0.4, -0.2) is 41.4 Å². The number of methoxy groups -OCH3 is 1. The molecule has 2 heterocycles. The number of rotatable bonds is 7. The van der Waals surface area contributed by atoms with Gasteiger partial charge in [0.1, 0.15) is 18.8 Å². The van der Waals surface area contributed by atoms with Gasteiger partial charge in [-0.05, 0) is 32.1 Å². The van der Waals surface area contributed by atoms with Gasteiger partial charge in [0.15, 0.2) is 12.0 Å². The van der Waals surface area contributed by atoms with Gasteiger partial charge in [-0.1, -0.05) is 24.3 Å². The van der Waals surface area contributed by atoms with Crippen molar-refractivity contribution in [3.8, 4) is 18.6 Å². The molecule has 2 aromatic rings. The fourth-order valence-electron chi connectivity index (χ4n) is 2.43. The lowest BCUT2D eigenvalue weighted by Gasteiger charge is -2.14. The van der Waals surface area contributed by atoms with Crippen molar-refractivity contribution in [1.29, 1.82) is 0 Å². The van der Waals surface area contributed by atoms with Crippen LogP contribution in [-0.2, 0) is 23.4 Å². The fraction of sp³-hybridized carbons (Fsp3) is 0.318. The first-order chi connectivity index (χ1) is 16.2. The zero-order valence-corrected chi connectivity index (χ0v) is 19.8. The number of para-hydroxylation sites is 1. The van der Waals surface area contributed by atoms with E-state index in [1.54, 1.807) is 50.3 Å². The molecular weight excluding hydrogens is 465 g/mol. The minimum absolute atomic E-state index is 0.00607. The Balaban J connectivity index is 0.000000553. The van der Waals surface area contributed by atoms with Crippen LogP contribution in [0.25, 0.3) is 0 Å². The molecule has 3 rings (SSSR count). The number of H-pyrrole nitrogens is 1. The molecule has 1 aromatic carbocycles. The zero-order valence-electron chi connectivity index (χ0n) is 19.0. The molecule has 0 aliphatic carbocycles. The van der Waals surface area contributed by atoms with Crippen LogP contribution in [0.1, 0.15) is 18.7 Å². The molecule has 34 heavy (non-hydrogen) atoms. The van der Waals surface area contributed by atoms with E-state index < -0.39 is 37.9 Å². The molecule has 1 aromatic heterocycles. The Labute approximate surface area is 197 Å². The third kappa shape index (κ3) is 9.13. The number of nitrogens with one attached hydrogen (secondary N) is 1. The molecule has 3 unspecified atom stereocenters. The van der Waals surface area contributed by atoms with Gasteiger partial charge in [0.2, 0.25) is 0 Å². The Morgan fingerprint density at radius 3 is 2.47 bits per heavy atom. The molecule has 0 saturated carbocycles. The highest BCUT2D eigenvalue weighted by atomic mass is 31.1. The van der Waals surface area contributed by atoms with Gasteiger partial charge in [-0.2, -0.15) is 0 Å². The first-order valence-electron chi connectivity index (χ1n) is 9.87. The Bertz CT molecular complexity index is 1110. The number of terminal acetylenes is 1. The summed E-state index contributed by atoms with van der Waals surface area (Å²) in [4.78, 5) is 35.6. The van der Waals surface area contributed by atoms with Crippen LogP contribution in [0.3, 0.4) is 0 Å². The third-order valence-corrected chi connectivity index (χ3v) is 4.78. The highest BCUT2D eigenvalue weighted by Gasteiger charge is 2.28. The summed E-state index contributed by atoms with van der Waals surface area (Å²) in [6.45, 7) is 3.18. The molecule has 1 aliphatic heterocycles. The molecule has 1 aliphatic rings. The molecule has 0 spiro atoms. The molecule has 4 atom stereocenters. The fourth-order valence-corrected chi connectivity index (χ4v) is 3.05. The van der Waals surface area contributed by atoms with Gasteiger partial charge in [0.05, 0.1) is 7.11 Å². The maximum atomic E-state index is 11.9. The number of nitrogens with zero attached hydrogens (tertiary/aromatic N) is 1. The maximum Gasteiger partial charge on any atom is 0.750 e. The number of aromatic nitrogens is 2. The van der Waals surface area contributed by atoms with Crippen molar-refractivity contribution in [1.82, 2.24) is 9.55 Å². The number of benzene rings is 1. The molecule has 0 amide bonds. The number of hydrogen-bond donors (Lipinski definition) is 2. The second-order valence-electron chi connectivity index (χ2n) is 6.66. The van der Waals surface area contributed by atoms with Crippen molar-refractivity contribution in [2.45, 2.75) is 32.2 Å². The summed E-state index contributed by atoms with van der Waals surface area (Å²) in [5.74, 6) is 0.0691. The lowest BCUT2D eigenvalue weighted by Crippen LogP contribution is -2.33.